The average Bonchev–Trinajstić information content (AvgIpc) is 2.68. The summed E-state index contributed by atoms with van der Waals surface area (Å²) >= 11 is 0. The van der Waals surface area contributed by atoms with Gasteiger partial charge >= 0.3 is 0 Å². The zero-order valence-electron chi connectivity index (χ0n) is 17.1. The van der Waals surface area contributed by atoms with E-state index in [9.17, 15) is 18.1 Å². The fraction of sp³-hybridized carbons (Fsp3) is 0.478. The van der Waals surface area contributed by atoms with Crippen molar-refractivity contribution in [3.8, 4) is 17.2 Å². The van der Waals surface area contributed by atoms with Gasteiger partial charge in [-0.1, -0.05) is 76.5 Å². The summed E-state index contributed by atoms with van der Waals surface area (Å²) < 4.78 is 37.8. The fourth-order valence-corrected chi connectivity index (χ4v) is 3.93. The van der Waals surface area contributed by atoms with E-state index in [1.165, 1.54) is 69.2 Å². The molecule has 0 bridgehead atoms. The lowest BCUT2D eigenvalue weighted by Gasteiger charge is -2.11. The number of hydrogen-bond acceptors (Lipinski definition) is 4. The number of aromatic hydroxyl groups is 1. The number of unbranched alkanes of at least 4 members (excludes halogenated alkanes) is 8. The van der Waals surface area contributed by atoms with E-state index >= 15 is 0 Å². The molecule has 0 fully saturated rings. The van der Waals surface area contributed by atoms with Crippen LogP contribution in [-0.4, -0.2) is 18.1 Å². The lowest BCUT2D eigenvalue weighted by molar-refractivity contribution is 0.437. The van der Waals surface area contributed by atoms with Crippen molar-refractivity contribution >= 4 is 10.1 Å². The number of aryl methyl sites for hydroxylation is 1. The Hall–Kier alpha value is -2.05. The molecule has 0 unspecified atom stereocenters. The number of para-hydroxylation sites is 1. The number of phenols is 1. The summed E-state index contributed by atoms with van der Waals surface area (Å²) in [4.78, 5) is -0.307. The highest BCUT2D eigenvalue weighted by molar-refractivity contribution is 7.86. The molecule has 6 heteroatoms. The number of phenolic OH excluding ortho intramolecular Hbond substituents is 1. The van der Waals surface area contributed by atoms with Gasteiger partial charge in [0, 0.05) is 6.07 Å². The minimum atomic E-state index is -4.39. The van der Waals surface area contributed by atoms with Crippen molar-refractivity contribution in [1.82, 2.24) is 0 Å². The van der Waals surface area contributed by atoms with Crippen molar-refractivity contribution in [3.05, 3.63) is 48.0 Å². The van der Waals surface area contributed by atoms with Gasteiger partial charge in [0.05, 0.1) is 0 Å². The van der Waals surface area contributed by atoms with Crippen LogP contribution in [-0.2, 0) is 16.5 Å². The second-order valence-electron chi connectivity index (χ2n) is 7.39. The van der Waals surface area contributed by atoms with E-state index in [1.54, 1.807) is 18.2 Å². The van der Waals surface area contributed by atoms with Crippen molar-refractivity contribution in [2.45, 2.75) is 76.0 Å². The number of ether oxygens (including phenoxy) is 1. The smallest absolute Gasteiger partial charge is 0.298 e. The van der Waals surface area contributed by atoms with Gasteiger partial charge < -0.3 is 9.84 Å². The van der Waals surface area contributed by atoms with Crippen LogP contribution in [0.25, 0.3) is 0 Å². The molecule has 0 atom stereocenters. The predicted octanol–water partition coefficient (Wildman–Crippen LogP) is 6.50. The van der Waals surface area contributed by atoms with Crippen LogP contribution in [0.2, 0.25) is 0 Å². The molecule has 0 aliphatic heterocycles. The normalized spacial score (nSPS) is 11.5. The molecular weight excluding hydrogens is 388 g/mol. The number of benzene rings is 2. The first-order valence-electron chi connectivity index (χ1n) is 10.5. The summed E-state index contributed by atoms with van der Waals surface area (Å²) in [5, 5.41) is 10.3. The third-order valence-electron chi connectivity index (χ3n) is 4.96. The van der Waals surface area contributed by atoms with Crippen LogP contribution in [0.5, 0.6) is 17.2 Å². The van der Waals surface area contributed by atoms with Crippen LogP contribution < -0.4 is 4.74 Å². The molecule has 0 radical (unpaired) electrons. The van der Waals surface area contributed by atoms with Crippen molar-refractivity contribution in [1.29, 1.82) is 0 Å². The molecular formula is C23H32O5S. The van der Waals surface area contributed by atoms with Gasteiger partial charge in [-0.05, 0) is 36.6 Å². The summed E-state index contributed by atoms with van der Waals surface area (Å²) in [6.45, 7) is 2.23. The molecule has 0 aromatic heterocycles. The minimum absolute atomic E-state index is 0.0149. The van der Waals surface area contributed by atoms with Crippen LogP contribution >= 0.6 is 0 Å². The third kappa shape index (κ3) is 8.07. The molecule has 29 heavy (non-hydrogen) atoms. The Morgan fingerprint density at radius 2 is 1.48 bits per heavy atom. The van der Waals surface area contributed by atoms with Gasteiger partial charge in [-0.25, -0.2) is 0 Å². The Morgan fingerprint density at radius 1 is 0.862 bits per heavy atom. The molecule has 0 saturated heterocycles. The summed E-state index contributed by atoms with van der Waals surface area (Å²) in [6, 6.07) is 10.8. The molecule has 5 nitrogen and oxygen atoms in total. The quantitative estimate of drug-likeness (QED) is 0.285. The average molecular weight is 421 g/mol. The van der Waals surface area contributed by atoms with Gasteiger partial charge in [0.25, 0.3) is 10.1 Å². The van der Waals surface area contributed by atoms with Crippen molar-refractivity contribution in [2.75, 3.05) is 0 Å². The molecule has 160 valence electrons. The molecule has 0 aliphatic rings. The van der Waals surface area contributed by atoms with Crippen molar-refractivity contribution < 1.29 is 22.8 Å². The highest BCUT2D eigenvalue weighted by atomic mass is 32.2. The molecule has 0 spiro atoms. The van der Waals surface area contributed by atoms with E-state index in [0.717, 1.165) is 24.8 Å². The molecule has 0 heterocycles. The highest BCUT2D eigenvalue weighted by Gasteiger charge is 2.16. The lowest BCUT2D eigenvalue weighted by atomic mass is 10.0. The number of rotatable bonds is 13. The second-order valence-corrected chi connectivity index (χ2v) is 8.78. The van der Waals surface area contributed by atoms with Gasteiger partial charge in [-0.2, -0.15) is 8.42 Å². The first-order chi connectivity index (χ1) is 13.9. The Kier molecular flexibility index (Phi) is 9.48. The van der Waals surface area contributed by atoms with E-state index in [4.69, 9.17) is 4.74 Å². The zero-order valence-corrected chi connectivity index (χ0v) is 18.0. The van der Waals surface area contributed by atoms with Gasteiger partial charge in [-0.15, -0.1) is 0 Å². The monoisotopic (exact) mass is 420 g/mol. The van der Waals surface area contributed by atoms with Gasteiger partial charge in [-0.3, -0.25) is 4.55 Å². The number of hydrogen-bond donors (Lipinski definition) is 2. The molecule has 2 N–H and O–H groups in total. The molecule has 0 saturated carbocycles. The van der Waals surface area contributed by atoms with E-state index in [-0.39, 0.29) is 16.4 Å². The SMILES string of the molecule is CCCCCCCCCCCc1ccc(Oc2ccccc2S(=O)(=O)O)cc1O. The first-order valence-corrected chi connectivity index (χ1v) is 11.9. The summed E-state index contributed by atoms with van der Waals surface area (Å²) in [5.74, 6) is 0.460. The molecule has 2 aromatic rings. The predicted molar refractivity (Wildman–Crippen MR) is 115 cm³/mol. The van der Waals surface area contributed by atoms with Crippen LogP contribution in [0, 0.1) is 0 Å². The second kappa shape index (κ2) is 11.8. The van der Waals surface area contributed by atoms with Crippen molar-refractivity contribution in [3.63, 3.8) is 0 Å². The van der Waals surface area contributed by atoms with Crippen LogP contribution in [0.3, 0.4) is 0 Å². The van der Waals surface area contributed by atoms with Gasteiger partial charge in [0.15, 0.2) is 0 Å². The topological polar surface area (TPSA) is 83.8 Å². The summed E-state index contributed by atoms with van der Waals surface area (Å²) in [5.41, 5.74) is 0.850. The Labute approximate surface area is 174 Å². The maximum atomic E-state index is 11.5. The van der Waals surface area contributed by atoms with E-state index in [1.807, 2.05) is 0 Å². The summed E-state index contributed by atoms with van der Waals surface area (Å²) in [6.07, 6.45) is 12.1. The first kappa shape index (κ1) is 23.2. The largest absolute Gasteiger partial charge is 0.508 e. The summed E-state index contributed by atoms with van der Waals surface area (Å²) in [7, 11) is -4.39. The molecule has 2 rings (SSSR count). The van der Waals surface area contributed by atoms with Gasteiger partial charge in [0.1, 0.15) is 22.1 Å². The lowest BCUT2D eigenvalue weighted by Crippen LogP contribution is -2.00. The van der Waals surface area contributed by atoms with E-state index < -0.39 is 10.1 Å². The Morgan fingerprint density at radius 3 is 2.10 bits per heavy atom. The third-order valence-corrected chi connectivity index (χ3v) is 5.85. The fourth-order valence-electron chi connectivity index (χ4n) is 3.32. The minimum Gasteiger partial charge on any atom is -0.508 e. The van der Waals surface area contributed by atoms with Crippen molar-refractivity contribution in [2.24, 2.45) is 0 Å². The zero-order chi connectivity index (χ0) is 21.1. The van der Waals surface area contributed by atoms with E-state index in [0.29, 0.717) is 5.75 Å². The maximum absolute atomic E-state index is 11.5. The van der Waals surface area contributed by atoms with Gasteiger partial charge in [0.2, 0.25) is 0 Å². The Balaban J connectivity index is 1.82. The van der Waals surface area contributed by atoms with Crippen LogP contribution in [0.1, 0.15) is 70.3 Å². The molecule has 0 amide bonds. The van der Waals surface area contributed by atoms with Crippen LogP contribution in [0.4, 0.5) is 0 Å². The van der Waals surface area contributed by atoms with E-state index in [2.05, 4.69) is 6.92 Å². The molecule has 0 aliphatic carbocycles. The maximum Gasteiger partial charge on any atom is 0.298 e. The Bertz CT molecular complexity index is 861. The van der Waals surface area contributed by atoms with Crippen LogP contribution in [0.15, 0.2) is 47.4 Å². The standard InChI is InChI=1S/C23H32O5S/c1-2-3-4-5-6-7-8-9-10-13-19-16-17-20(18-21(19)24)28-22-14-11-12-15-23(22)29(25,26)27/h11-12,14-18,24H,2-10,13H2,1H3,(H,25,26,27). The molecule has 2 aromatic carbocycles. The highest BCUT2D eigenvalue weighted by Crippen LogP contribution is 2.32.